The zero-order valence-electron chi connectivity index (χ0n) is 16.4. The highest BCUT2D eigenvalue weighted by Gasteiger charge is 2.24. The van der Waals surface area contributed by atoms with Crippen molar-refractivity contribution < 1.29 is 18.7 Å². The molecule has 0 aliphatic heterocycles. The van der Waals surface area contributed by atoms with Gasteiger partial charge in [0.15, 0.2) is 0 Å². The topological polar surface area (TPSA) is 65.7 Å². The molecular formula is C24H20O5. The van der Waals surface area contributed by atoms with Crippen molar-refractivity contribution in [2.75, 3.05) is 0 Å². The van der Waals surface area contributed by atoms with Crippen molar-refractivity contribution in [2.45, 2.75) is 20.8 Å². The summed E-state index contributed by atoms with van der Waals surface area (Å²) in [5, 5.41) is 2.45. The molecule has 0 saturated heterocycles. The van der Waals surface area contributed by atoms with Gasteiger partial charge in [0.2, 0.25) is 11.2 Å². The van der Waals surface area contributed by atoms with Crippen LogP contribution in [0.25, 0.3) is 21.7 Å². The van der Waals surface area contributed by atoms with Gasteiger partial charge >= 0.3 is 5.97 Å². The second kappa shape index (κ2) is 7.09. The molecule has 0 fully saturated rings. The van der Waals surface area contributed by atoms with Crippen molar-refractivity contribution in [2.24, 2.45) is 5.41 Å². The molecule has 0 amide bonds. The molecule has 0 aliphatic rings. The van der Waals surface area contributed by atoms with Gasteiger partial charge in [-0.2, -0.15) is 0 Å². The van der Waals surface area contributed by atoms with Crippen molar-refractivity contribution >= 4 is 27.7 Å². The van der Waals surface area contributed by atoms with Gasteiger partial charge in [-0.05, 0) is 55.8 Å². The predicted octanol–water partition coefficient (Wildman–Crippen LogP) is 5.69. The number of hydrogen-bond acceptors (Lipinski definition) is 5. The fraction of sp³-hybridized carbons (Fsp3) is 0.167. The molecule has 1 heterocycles. The highest BCUT2D eigenvalue weighted by atomic mass is 16.5. The lowest BCUT2D eigenvalue weighted by atomic mass is 9.97. The molecular weight excluding hydrogens is 368 g/mol. The van der Waals surface area contributed by atoms with Gasteiger partial charge in [-0.25, -0.2) is 0 Å². The Balaban J connectivity index is 1.64. The van der Waals surface area contributed by atoms with Crippen LogP contribution in [-0.2, 0) is 4.79 Å². The lowest BCUT2D eigenvalue weighted by molar-refractivity contribution is -0.142. The van der Waals surface area contributed by atoms with Crippen molar-refractivity contribution in [3.8, 4) is 17.2 Å². The van der Waals surface area contributed by atoms with Gasteiger partial charge in [-0.3, -0.25) is 9.59 Å². The summed E-state index contributed by atoms with van der Waals surface area (Å²) in [6, 6.07) is 18.2. The number of rotatable bonds is 3. The first kappa shape index (κ1) is 18.7. The predicted molar refractivity (Wildman–Crippen MR) is 112 cm³/mol. The van der Waals surface area contributed by atoms with E-state index in [1.54, 1.807) is 39.0 Å². The van der Waals surface area contributed by atoms with Crippen LogP contribution < -0.4 is 14.9 Å². The molecule has 146 valence electrons. The SMILES string of the molecule is CC(C)(C)C(=O)Oc1ccc2c(=O)c(Oc3ccc4ccccc4c3)coc2c1. The minimum absolute atomic E-state index is 0.0900. The third kappa shape index (κ3) is 3.85. The third-order valence-corrected chi connectivity index (χ3v) is 4.49. The zero-order valence-corrected chi connectivity index (χ0v) is 16.4. The Morgan fingerprint density at radius 1 is 0.897 bits per heavy atom. The average molecular weight is 388 g/mol. The third-order valence-electron chi connectivity index (χ3n) is 4.49. The number of benzene rings is 3. The summed E-state index contributed by atoms with van der Waals surface area (Å²) in [5.74, 6) is 0.595. The Hall–Kier alpha value is -3.60. The minimum atomic E-state index is -0.632. The summed E-state index contributed by atoms with van der Waals surface area (Å²) in [4.78, 5) is 24.8. The number of esters is 1. The van der Waals surface area contributed by atoms with Gasteiger partial charge in [0, 0.05) is 6.07 Å². The summed E-state index contributed by atoms with van der Waals surface area (Å²) in [6.45, 7) is 5.31. The van der Waals surface area contributed by atoms with E-state index in [-0.39, 0.29) is 17.1 Å². The fourth-order valence-corrected chi connectivity index (χ4v) is 2.84. The molecule has 4 rings (SSSR count). The van der Waals surface area contributed by atoms with Gasteiger partial charge in [0.25, 0.3) is 0 Å². The van der Waals surface area contributed by atoms with Crippen LogP contribution >= 0.6 is 0 Å². The molecule has 0 N–H and O–H groups in total. The largest absolute Gasteiger partial charge is 0.460 e. The Morgan fingerprint density at radius 2 is 1.62 bits per heavy atom. The molecule has 0 aliphatic carbocycles. The summed E-state index contributed by atoms with van der Waals surface area (Å²) in [5.41, 5.74) is -0.610. The maximum atomic E-state index is 12.8. The van der Waals surface area contributed by atoms with Crippen LogP contribution in [0.3, 0.4) is 0 Å². The van der Waals surface area contributed by atoms with Crippen molar-refractivity contribution in [1.82, 2.24) is 0 Å². The second-order valence-electron chi connectivity index (χ2n) is 7.84. The molecule has 4 aromatic rings. The molecule has 0 bridgehead atoms. The van der Waals surface area contributed by atoms with Crippen LogP contribution in [-0.4, -0.2) is 5.97 Å². The summed E-state index contributed by atoms with van der Waals surface area (Å²) in [6.07, 6.45) is 1.27. The van der Waals surface area contributed by atoms with Crippen molar-refractivity contribution in [3.05, 3.63) is 77.2 Å². The molecule has 0 saturated carbocycles. The number of ether oxygens (including phenoxy) is 2. The normalized spacial score (nSPS) is 11.6. The molecule has 0 unspecified atom stereocenters. The van der Waals surface area contributed by atoms with E-state index in [1.165, 1.54) is 12.3 Å². The molecule has 1 aromatic heterocycles. The van der Waals surface area contributed by atoms with Gasteiger partial charge in [-0.1, -0.05) is 30.3 Å². The maximum absolute atomic E-state index is 12.8. The second-order valence-corrected chi connectivity index (χ2v) is 7.84. The lowest BCUT2D eigenvalue weighted by Gasteiger charge is -2.16. The molecule has 5 nitrogen and oxygen atoms in total. The maximum Gasteiger partial charge on any atom is 0.316 e. The standard InChI is InChI=1S/C24H20O5/c1-24(2,3)23(26)29-18-10-11-19-20(13-18)27-14-21(22(19)25)28-17-9-8-15-6-4-5-7-16(15)12-17/h4-14H,1-3H3. The first-order valence-electron chi connectivity index (χ1n) is 9.26. The summed E-state index contributed by atoms with van der Waals surface area (Å²) < 4.78 is 16.7. The van der Waals surface area contributed by atoms with E-state index in [4.69, 9.17) is 13.9 Å². The van der Waals surface area contributed by atoms with E-state index in [0.29, 0.717) is 22.5 Å². The monoisotopic (exact) mass is 388 g/mol. The van der Waals surface area contributed by atoms with E-state index in [0.717, 1.165) is 10.8 Å². The number of fused-ring (bicyclic) bond motifs is 2. The highest BCUT2D eigenvalue weighted by molar-refractivity contribution is 5.84. The molecule has 3 aromatic carbocycles. The number of carbonyl (C=O) groups excluding carboxylic acids is 1. The Labute approximate surface area is 167 Å². The van der Waals surface area contributed by atoms with Gasteiger partial charge < -0.3 is 13.9 Å². The van der Waals surface area contributed by atoms with Gasteiger partial charge in [0.1, 0.15) is 23.3 Å². The first-order valence-corrected chi connectivity index (χ1v) is 9.26. The first-order chi connectivity index (χ1) is 13.8. The summed E-state index contributed by atoms with van der Waals surface area (Å²) >= 11 is 0. The molecule has 29 heavy (non-hydrogen) atoms. The van der Waals surface area contributed by atoms with E-state index in [2.05, 4.69) is 0 Å². The molecule has 0 radical (unpaired) electrons. The van der Waals surface area contributed by atoms with Crippen LogP contribution in [0.2, 0.25) is 0 Å². The Kier molecular flexibility index (Phi) is 4.59. The fourth-order valence-electron chi connectivity index (χ4n) is 2.84. The molecule has 0 atom stereocenters. The van der Waals surface area contributed by atoms with E-state index >= 15 is 0 Å². The van der Waals surface area contributed by atoms with Crippen LogP contribution in [0.4, 0.5) is 0 Å². The zero-order chi connectivity index (χ0) is 20.6. The molecule has 0 spiro atoms. The summed E-state index contributed by atoms with van der Waals surface area (Å²) in [7, 11) is 0. The minimum Gasteiger partial charge on any atom is -0.460 e. The van der Waals surface area contributed by atoms with Gasteiger partial charge in [-0.15, -0.1) is 0 Å². The Bertz CT molecular complexity index is 1280. The van der Waals surface area contributed by atoms with Crippen LogP contribution in [0.15, 0.2) is 76.1 Å². The average Bonchev–Trinajstić information content (AvgIpc) is 2.69. The number of carbonyl (C=O) groups is 1. The van der Waals surface area contributed by atoms with E-state index in [9.17, 15) is 9.59 Å². The van der Waals surface area contributed by atoms with Crippen LogP contribution in [0.5, 0.6) is 17.2 Å². The van der Waals surface area contributed by atoms with Crippen molar-refractivity contribution in [3.63, 3.8) is 0 Å². The Morgan fingerprint density at radius 3 is 2.38 bits per heavy atom. The van der Waals surface area contributed by atoms with E-state index < -0.39 is 5.41 Å². The molecule has 5 heteroatoms. The quantitative estimate of drug-likeness (QED) is 0.333. The van der Waals surface area contributed by atoms with Gasteiger partial charge in [0.05, 0.1) is 10.8 Å². The van der Waals surface area contributed by atoms with Crippen LogP contribution in [0, 0.1) is 5.41 Å². The lowest BCUT2D eigenvalue weighted by Crippen LogP contribution is -2.25. The smallest absolute Gasteiger partial charge is 0.316 e. The van der Waals surface area contributed by atoms with E-state index in [1.807, 2.05) is 36.4 Å². The van der Waals surface area contributed by atoms with Crippen molar-refractivity contribution in [1.29, 1.82) is 0 Å². The van der Waals surface area contributed by atoms with Crippen LogP contribution in [0.1, 0.15) is 20.8 Å². The highest BCUT2D eigenvalue weighted by Crippen LogP contribution is 2.27. The number of hydrogen-bond donors (Lipinski definition) is 0.